The van der Waals surface area contributed by atoms with E-state index in [4.69, 9.17) is 9.47 Å². The lowest BCUT2D eigenvalue weighted by Gasteiger charge is -2.26. The number of aryl methyl sites for hydroxylation is 2. The molecular formula is C26H28N2O5S. The molecule has 0 aromatic heterocycles. The smallest absolute Gasteiger partial charge is 0.264 e. The Labute approximate surface area is 200 Å². The van der Waals surface area contributed by atoms with Gasteiger partial charge in [0.15, 0.2) is 11.5 Å². The van der Waals surface area contributed by atoms with Crippen molar-refractivity contribution >= 4 is 21.6 Å². The number of hydrogen-bond donors (Lipinski definition) is 1. The predicted molar refractivity (Wildman–Crippen MR) is 131 cm³/mol. The first-order valence-corrected chi connectivity index (χ1v) is 12.5. The summed E-state index contributed by atoms with van der Waals surface area (Å²) in [4.78, 5) is 13.2. The Balaban J connectivity index is 1.57. The molecule has 0 bridgehead atoms. The number of carbonyl (C=O) groups excluding carboxylic acids is 1. The van der Waals surface area contributed by atoms with E-state index in [0.29, 0.717) is 30.4 Å². The monoisotopic (exact) mass is 480 g/mol. The van der Waals surface area contributed by atoms with Gasteiger partial charge in [-0.25, -0.2) is 8.42 Å². The van der Waals surface area contributed by atoms with Crippen molar-refractivity contribution < 1.29 is 22.7 Å². The molecule has 0 fully saturated rings. The summed E-state index contributed by atoms with van der Waals surface area (Å²) in [6, 6.07) is 18.9. The van der Waals surface area contributed by atoms with Crippen molar-refractivity contribution in [2.24, 2.45) is 0 Å². The summed E-state index contributed by atoms with van der Waals surface area (Å²) in [7, 11) is -3.96. The topological polar surface area (TPSA) is 84.9 Å². The molecule has 1 aliphatic rings. The number of amides is 1. The van der Waals surface area contributed by atoms with Crippen LogP contribution < -0.4 is 19.1 Å². The fourth-order valence-electron chi connectivity index (χ4n) is 3.77. The highest BCUT2D eigenvalue weighted by Gasteiger charge is 2.28. The molecule has 3 aromatic rings. The third-order valence-electron chi connectivity index (χ3n) is 5.63. The van der Waals surface area contributed by atoms with Crippen molar-refractivity contribution in [1.82, 2.24) is 5.32 Å². The highest BCUT2D eigenvalue weighted by Crippen LogP contribution is 2.32. The number of fused-ring (bicyclic) bond motifs is 1. The normalized spacial score (nSPS) is 13.7. The van der Waals surface area contributed by atoms with Crippen LogP contribution in [0.2, 0.25) is 0 Å². The van der Waals surface area contributed by atoms with Gasteiger partial charge in [-0.2, -0.15) is 0 Å². The number of anilines is 1. The molecule has 0 saturated carbocycles. The van der Waals surface area contributed by atoms with Crippen molar-refractivity contribution in [3.05, 3.63) is 83.4 Å². The van der Waals surface area contributed by atoms with Crippen molar-refractivity contribution in [2.45, 2.75) is 31.7 Å². The SMILES string of the molecule is Cc1ccc(S(=O)(=O)N(CC(=O)N[C@H](C)c2ccc3c(c2)OCCO3)c2cccc(C)c2)cc1. The van der Waals surface area contributed by atoms with Gasteiger partial charge in [-0.05, 0) is 68.3 Å². The van der Waals surface area contributed by atoms with Crippen molar-refractivity contribution in [1.29, 1.82) is 0 Å². The molecule has 1 amide bonds. The number of benzene rings is 3. The second-order valence-corrected chi connectivity index (χ2v) is 10.2. The molecule has 34 heavy (non-hydrogen) atoms. The van der Waals surface area contributed by atoms with Crippen LogP contribution in [0.4, 0.5) is 5.69 Å². The Morgan fingerprint density at radius 3 is 2.35 bits per heavy atom. The maximum atomic E-state index is 13.5. The minimum atomic E-state index is -3.96. The van der Waals surface area contributed by atoms with E-state index in [1.807, 2.05) is 45.0 Å². The molecule has 8 heteroatoms. The minimum absolute atomic E-state index is 0.132. The summed E-state index contributed by atoms with van der Waals surface area (Å²) in [6.07, 6.45) is 0. The number of nitrogens with one attached hydrogen (secondary N) is 1. The lowest BCUT2D eigenvalue weighted by molar-refractivity contribution is -0.120. The Bertz CT molecular complexity index is 1290. The molecule has 1 aliphatic heterocycles. The van der Waals surface area contributed by atoms with Gasteiger partial charge in [-0.3, -0.25) is 9.10 Å². The molecule has 1 atom stereocenters. The van der Waals surface area contributed by atoms with Gasteiger partial charge in [-0.15, -0.1) is 0 Å². The maximum absolute atomic E-state index is 13.5. The summed E-state index contributed by atoms with van der Waals surface area (Å²) in [5, 5.41) is 2.91. The summed E-state index contributed by atoms with van der Waals surface area (Å²) in [6.45, 7) is 6.23. The second-order valence-electron chi connectivity index (χ2n) is 8.36. The molecule has 0 radical (unpaired) electrons. The van der Waals surface area contributed by atoms with E-state index in [-0.39, 0.29) is 17.5 Å². The van der Waals surface area contributed by atoms with E-state index in [1.165, 1.54) is 0 Å². The third-order valence-corrected chi connectivity index (χ3v) is 7.42. The van der Waals surface area contributed by atoms with Crippen LogP contribution in [0.15, 0.2) is 71.6 Å². The van der Waals surface area contributed by atoms with E-state index in [1.54, 1.807) is 42.5 Å². The van der Waals surface area contributed by atoms with Gasteiger partial charge in [0.05, 0.1) is 16.6 Å². The Kier molecular flexibility index (Phi) is 6.79. The van der Waals surface area contributed by atoms with Crippen molar-refractivity contribution in [2.75, 3.05) is 24.1 Å². The van der Waals surface area contributed by atoms with Gasteiger partial charge in [0.1, 0.15) is 19.8 Å². The number of hydrogen-bond acceptors (Lipinski definition) is 5. The average molecular weight is 481 g/mol. The summed E-state index contributed by atoms with van der Waals surface area (Å²) in [5.74, 6) is 0.885. The number of ether oxygens (including phenoxy) is 2. The number of carbonyl (C=O) groups is 1. The third kappa shape index (κ3) is 5.17. The molecule has 0 unspecified atom stereocenters. The first-order chi connectivity index (χ1) is 16.2. The molecule has 3 aromatic carbocycles. The van der Waals surface area contributed by atoms with E-state index in [9.17, 15) is 13.2 Å². The molecule has 7 nitrogen and oxygen atoms in total. The van der Waals surface area contributed by atoms with E-state index < -0.39 is 15.9 Å². The van der Waals surface area contributed by atoms with Gasteiger partial charge in [0, 0.05) is 0 Å². The van der Waals surface area contributed by atoms with Crippen molar-refractivity contribution in [3.63, 3.8) is 0 Å². The fraction of sp³-hybridized carbons (Fsp3) is 0.269. The first kappa shape index (κ1) is 23.6. The Hall–Kier alpha value is -3.52. The van der Waals surface area contributed by atoms with Crippen LogP contribution in [0, 0.1) is 13.8 Å². The lowest BCUT2D eigenvalue weighted by Crippen LogP contribution is -2.41. The van der Waals surface area contributed by atoms with Crippen LogP contribution in [0.3, 0.4) is 0 Å². The fourth-order valence-corrected chi connectivity index (χ4v) is 5.18. The van der Waals surface area contributed by atoms with Crippen LogP contribution >= 0.6 is 0 Å². The number of nitrogens with zero attached hydrogens (tertiary/aromatic N) is 1. The van der Waals surface area contributed by atoms with Gasteiger partial charge in [0.2, 0.25) is 5.91 Å². The molecule has 4 rings (SSSR count). The van der Waals surface area contributed by atoms with Crippen LogP contribution in [-0.2, 0) is 14.8 Å². The molecule has 0 aliphatic carbocycles. The van der Waals surface area contributed by atoms with Crippen LogP contribution in [0.1, 0.15) is 29.7 Å². The van der Waals surface area contributed by atoms with E-state index >= 15 is 0 Å². The molecule has 1 N–H and O–H groups in total. The van der Waals surface area contributed by atoms with Gasteiger partial charge >= 0.3 is 0 Å². The zero-order valence-corrected chi connectivity index (χ0v) is 20.3. The Morgan fingerprint density at radius 1 is 0.941 bits per heavy atom. The number of sulfonamides is 1. The molecule has 178 valence electrons. The van der Waals surface area contributed by atoms with Crippen LogP contribution in [-0.4, -0.2) is 34.1 Å². The molecule has 1 heterocycles. The summed E-state index contributed by atoms with van der Waals surface area (Å²) < 4.78 is 39.4. The average Bonchev–Trinajstić information content (AvgIpc) is 2.82. The quantitative estimate of drug-likeness (QED) is 0.549. The standard InChI is InChI=1S/C26H28N2O5S/c1-18-7-10-23(11-8-18)34(30,31)28(22-6-4-5-19(2)15-22)17-26(29)27-20(3)21-9-12-24-25(16-21)33-14-13-32-24/h4-12,15-16,20H,13-14,17H2,1-3H3,(H,27,29)/t20-/m1/s1. The Morgan fingerprint density at radius 2 is 1.65 bits per heavy atom. The van der Waals surface area contributed by atoms with Gasteiger partial charge < -0.3 is 14.8 Å². The summed E-state index contributed by atoms with van der Waals surface area (Å²) in [5.41, 5.74) is 3.11. The molecular weight excluding hydrogens is 452 g/mol. The zero-order chi connectivity index (χ0) is 24.3. The highest BCUT2D eigenvalue weighted by molar-refractivity contribution is 7.92. The molecule has 0 saturated heterocycles. The lowest BCUT2D eigenvalue weighted by atomic mass is 10.1. The largest absolute Gasteiger partial charge is 0.486 e. The zero-order valence-electron chi connectivity index (χ0n) is 19.4. The highest BCUT2D eigenvalue weighted by atomic mass is 32.2. The van der Waals surface area contributed by atoms with E-state index in [0.717, 1.165) is 21.0 Å². The number of rotatable bonds is 7. The van der Waals surface area contributed by atoms with Crippen molar-refractivity contribution in [3.8, 4) is 11.5 Å². The van der Waals surface area contributed by atoms with Crippen LogP contribution in [0.25, 0.3) is 0 Å². The predicted octanol–water partition coefficient (Wildman–Crippen LogP) is 4.15. The van der Waals surface area contributed by atoms with Gasteiger partial charge in [-0.1, -0.05) is 35.9 Å². The van der Waals surface area contributed by atoms with Gasteiger partial charge in [0.25, 0.3) is 10.0 Å². The maximum Gasteiger partial charge on any atom is 0.264 e. The molecule has 0 spiro atoms. The minimum Gasteiger partial charge on any atom is -0.486 e. The first-order valence-electron chi connectivity index (χ1n) is 11.1. The van der Waals surface area contributed by atoms with Crippen LogP contribution in [0.5, 0.6) is 11.5 Å². The van der Waals surface area contributed by atoms with E-state index in [2.05, 4.69) is 5.32 Å². The second kappa shape index (κ2) is 9.77. The summed E-state index contributed by atoms with van der Waals surface area (Å²) >= 11 is 0.